The van der Waals surface area contributed by atoms with Crippen LogP contribution in [0.2, 0.25) is 0 Å². The fourth-order valence-electron chi connectivity index (χ4n) is 6.60. The Morgan fingerprint density at radius 1 is 1.08 bits per heavy atom. The third kappa shape index (κ3) is 8.10. The summed E-state index contributed by atoms with van der Waals surface area (Å²) in [6.07, 6.45) is -3.90. The average Bonchev–Trinajstić information content (AvgIpc) is 3.02. The Bertz CT molecular complexity index is 1590. The first-order valence-corrected chi connectivity index (χ1v) is 17.0. The Hall–Kier alpha value is -4.49. The number of nitrogens with one attached hydrogen (secondary N) is 1. The van der Waals surface area contributed by atoms with Crippen molar-refractivity contribution in [3.63, 3.8) is 0 Å². The lowest BCUT2D eigenvalue weighted by Crippen LogP contribution is -2.61. The van der Waals surface area contributed by atoms with Crippen molar-refractivity contribution in [1.82, 2.24) is 15.1 Å². The highest BCUT2D eigenvalue weighted by Gasteiger charge is 2.53. The lowest BCUT2D eigenvalue weighted by Gasteiger charge is -2.47. The fraction of sp³-hybridized carbons (Fsp3) is 0.556. The van der Waals surface area contributed by atoms with Gasteiger partial charge in [0.25, 0.3) is 11.8 Å². The monoisotopic (exact) mass is 702 g/mol. The number of rotatable bonds is 8. The van der Waals surface area contributed by atoms with Crippen LogP contribution in [0, 0.1) is 0 Å². The summed E-state index contributed by atoms with van der Waals surface area (Å²) in [5.74, 6) is -1.50. The van der Waals surface area contributed by atoms with Crippen molar-refractivity contribution in [3.8, 4) is 5.75 Å². The Labute approximate surface area is 290 Å². The van der Waals surface area contributed by atoms with Gasteiger partial charge >= 0.3 is 18.4 Å². The number of hydrogen-bond donors (Lipinski definition) is 1. The van der Waals surface area contributed by atoms with Gasteiger partial charge < -0.3 is 34.2 Å². The minimum Gasteiger partial charge on any atom is -0.475 e. The molecule has 2 heterocycles. The molecule has 11 nitrogen and oxygen atoms in total. The maximum atomic E-state index is 14.7. The predicted molar refractivity (Wildman–Crippen MR) is 178 cm³/mol. The van der Waals surface area contributed by atoms with Crippen molar-refractivity contribution in [1.29, 1.82) is 0 Å². The number of carbonyl (C=O) groups excluding carboxylic acids is 4. The van der Waals surface area contributed by atoms with E-state index >= 15 is 0 Å². The summed E-state index contributed by atoms with van der Waals surface area (Å²) in [4.78, 5) is 57.6. The highest BCUT2D eigenvalue weighted by atomic mass is 19.4. The molecule has 3 aliphatic rings. The number of fused-ring (bicyclic) bond motifs is 1. The fourth-order valence-corrected chi connectivity index (χ4v) is 6.60. The van der Waals surface area contributed by atoms with E-state index in [0.29, 0.717) is 38.6 Å². The van der Waals surface area contributed by atoms with Crippen LogP contribution in [0.3, 0.4) is 0 Å². The molecule has 1 saturated heterocycles. The van der Waals surface area contributed by atoms with Crippen molar-refractivity contribution in [3.05, 3.63) is 59.2 Å². The second-order valence-corrected chi connectivity index (χ2v) is 14.3. The number of anilines is 1. The summed E-state index contributed by atoms with van der Waals surface area (Å²) in [7, 11) is 0. The maximum Gasteiger partial charge on any atom is 0.417 e. The molecule has 14 heteroatoms. The number of nitrogens with zero attached hydrogens (tertiary/aromatic N) is 3. The molecule has 1 saturated carbocycles. The molecule has 0 radical (unpaired) electrons. The lowest BCUT2D eigenvalue weighted by atomic mass is 9.77. The van der Waals surface area contributed by atoms with Crippen LogP contribution in [-0.2, 0) is 27.1 Å². The van der Waals surface area contributed by atoms with Crippen molar-refractivity contribution in [2.24, 2.45) is 0 Å². The van der Waals surface area contributed by atoms with Crippen LogP contribution in [-0.4, -0.2) is 83.3 Å². The summed E-state index contributed by atoms with van der Waals surface area (Å²) in [6, 6.07) is 9.82. The van der Waals surface area contributed by atoms with Gasteiger partial charge in [0.2, 0.25) is 0 Å². The zero-order chi connectivity index (χ0) is 36.4. The number of hydrogen-bond acceptors (Lipinski definition) is 7. The zero-order valence-electron chi connectivity index (χ0n) is 29.1. The molecule has 2 aromatic rings. The molecule has 50 heavy (non-hydrogen) atoms. The van der Waals surface area contributed by atoms with Crippen LogP contribution in [0.4, 0.5) is 28.4 Å². The first-order chi connectivity index (χ1) is 23.5. The van der Waals surface area contributed by atoms with Crippen LogP contribution in [0.15, 0.2) is 42.5 Å². The molecule has 1 aliphatic carbocycles. The largest absolute Gasteiger partial charge is 0.475 e. The number of ether oxygens (including phenoxy) is 3. The first-order valence-electron chi connectivity index (χ1n) is 17.0. The smallest absolute Gasteiger partial charge is 0.417 e. The second kappa shape index (κ2) is 14.4. The number of piperidine rings is 1. The molecule has 0 aromatic heterocycles. The molecule has 0 unspecified atom stereocenters. The lowest BCUT2D eigenvalue weighted by molar-refractivity contribution is -0.143. The Balaban J connectivity index is 1.42. The Kier molecular flexibility index (Phi) is 10.6. The van der Waals surface area contributed by atoms with Gasteiger partial charge in [0.1, 0.15) is 18.0 Å². The van der Waals surface area contributed by atoms with Gasteiger partial charge in [0.05, 0.1) is 22.9 Å². The molecule has 2 fully saturated rings. The molecule has 2 aromatic carbocycles. The number of benzene rings is 2. The summed E-state index contributed by atoms with van der Waals surface area (Å²) in [5.41, 5.74) is -3.09. The average molecular weight is 703 g/mol. The van der Waals surface area contributed by atoms with E-state index in [4.69, 9.17) is 14.2 Å². The SMILES string of the molecule is CC(C)N(C(=O)c1cc2c(cc1C(F)(F)F)OC1(CCC1)C(=O)N2CCNC(=O)OCc1ccccc1)[C@@H]1CCCN(C(=O)OC(C)(C)C)C1. The summed E-state index contributed by atoms with van der Waals surface area (Å²) >= 11 is 0. The molecule has 1 atom stereocenters. The number of alkyl carbamates (subject to hydrolysis) is 1. The van der Waals surface area contributed by atoms with E-state index in [9.17, 15) is 32.3 Å². The zero-order valence-corrected chi connectivity index (χ0v) is 29.1. The van der Waals surface area contributed by atoms with E-state index in [-0.39, 0.29) is 37.7 Å². The van der Waals surface area contributed by atoms with Gasteiger partial charge in [0.15, 0.2) is 5.60 Å². The molecule has 1 spiro atoms. The minimum absolute atomic E-state index is 0.00561. The molecule has 0 bridgehead atoms. The van der Waals surface area contributed by atoms with Gasteiger partial charge in [-0.15, -0.1) is 0 Å². The topological polar surface area (TPSA) is 118 Å². The molecule has 272 valence electrons. The highest BCUT2D eigenvalue weighted by molar-refractivity contribution is 6.06. The van der Waals surface area contributed by atoms with E-state index in [1.165, 1.54) is 14.7 Å². The van der Waals surface area contributed by atoms with E-state index in [2.05, 4.69) is 5.32 Å². The van der Waals surface area contributed by atoms with Crippen LogP contribution in [0.5, 0.6) is 5.75 Å². The van der Waals surface area contributed by atoms with Crippen LogP contribution in [0.25, 0.3) is 0 Å². The van der Waals surface area contributed by atoms with E-state index < -0.39 is 64.6 Å². The number of amides is 4. The number of halogens is 3. The molecule has 5 rings (SSSR count). The predicted octanol–water partition coefficient (Wildman–Crippen LogP) is 6.53. The highest BCUT2D eigenvalue weighted by Crippen LogP contribution is 2.49. The van der Waals surface area contributed by atoms with Crippen LogP contribution < -0.4 is 15.0 Å². The summed E-state index contributed by atoms with van der Waals surface area (Å²) in [6.45, 7) is 8.97. The number of alkyl halides is 3. The summed E-state index contributed by atoms with van der Waals surface area (Å²) in [5, 5.41) is 2.60. The van der Waals surface area contributed by atoms with E-state index in [1.54, 1.807) is 46.8 Å². The van der Waals surface area contributed by atoms with Crippen molar-refractivity contribution >= 4 is 29.7 Å². The molecule has 1 N–H and O–H groups in total. The van der Waals surface area contributed by atoms with E-state index in [0.717, 1.165) is 17.7 Å². The molecular weight excluding hydrogens is 657 g/mol. The summed E-state index contributed by atoms with van der Waals surface area (Å²) < 4.78 is 60.9. The van der Waals surface area contributed by atoms with Crippen LogP contribution >= 0.6 is 0 Å². The Morgan fingerprint density at radius 2 is 1.78 bits per heavy atom. The van der Waals surface area contributed by atoms with Crippen molar-refractivity contribution in [2.45, 2.75) is 103 Å². The van der Waals surface area contributed by atoms with Gasteiger partial charge in [-0.1, -0.05) is 30.3 Å². The number of carbonyl (C=O) groups is 4. The van der Waals surface area contributed by atoms with Gasteiger partial charge in [-0.2, -0.15) is 13.2 Å². The normalized spacial score (nSPS) is 18.6. The van der Waals surface area contributed by atoms with Gasteiger partial charge in [-0.25, -0.2) is 9.59 Å². The van der Waals surface area contributed by atoms with Gasteiger partial charge in [-0.05, 0) is 84.4 Å². The van der Waals surface area contributed by atoms with Gasteiger partial charge in [-0.3, -0.25) is 9.59 Å². The van der Waals surface area contributed by atoms with Crippen molar-refractivity contribution < 1.29 is 46.6 Å². The quantitative estimate of drug-likeness (QED) is 0.333. The standard InChI is InChI=1S/C36H45F3N4O7/c1-23(2)43(25-13-9-17-41(21-25)33(47)50-34(3,4)5)30(44)26-19-28-29(20-27(26)36(37,38)39)49-35(14-10-15-35)31(45)42(28)18-16-40-32(46)48-22-24-11-7-6-8-12-24/h6-8,11-12,19-20,23,25H,9-10,13-18,21-22H2,1-5H3,(H,40,46)/t25-/m1/s1. The maximum absolute atomic E-state index is 14.7. The second-order valence-electron chi connectivity index (χ2n) is 14.3. The molecule has 2 aliphatic heterocycles. The van der Waals surface area contributed by atoms with Gasteiger partial charge in [0, 0.05) is 32.2 Å². The van der Waals surface area contributed by atoms with E-state index in [1.807, 2.05) is 18.2 Å². The first kappa shape index (κ1) is 36.8. The molecular formula is C36H45F3N4O7. The number of likely N-dealkylation sites (tertiary alicyclic amines) is 1. The third-order valence-corrected chi connectivity index (χ3v) is 9.08. The molecule has 4 amide bonds. The van der Waals surface area contributed by atoms with Crippen LogP contribution in [0.1, 0.15) is 88.2 Å². The third-order valence-electron chi connectivity index (χ3n) is 9.08. The van der Waals surface area contributed by atoms with Crippen molar-refractivity contribution in [2.75, 3.05) is 31.1 Å². The minimum atomic E-state index is -4.93. The Morgan fingerprint density at radius 3 is 2.38 bits per heavy atom.